The lowest BCUT2D eigenvalue weighted by atomic mass is 10.3. The first kappa shape index (κ1) is 12.1. The zero-order chi connectivity index (χ0) is 10.1. The van der Waals surface area contributed by atoms with Gasteiger partial charge in [-0.1, -0.05) is 19.9 Å². The molecule has 0 spiro atoms. The number of nitrogens with one attached hydrogen (secondary N) is 2. The average Bonchev–Trinajstić information content (AvgIpc) is 2.16. The van der Waals surface area contributed by atoms with Crippen LogP contribution in [0.25, 0.3) is 0 Å². The summed E-state index contributed by atoms with van der Waals surface area (Å²) in [5.74, 6) is 0. The maximum absolute atomic E-state index is 3.36. The summed E-state index contributed by atoms with van der Waals surface area (Å²) in [5, 5.41) is 6.53. The minimum Gasteiger partial charge on any atom is -0.387 e. The van der Waals surface area contributed by atoms with E-state index in [9.17, 15) is 0 Å². The van der Waals surface area contributed by atoms with Gasteiger partial charge in [0.05, 0.1) is 5.70 Å². The molecule has 0 aromatic carbocycles. The molecule has 13 heavy (non-hydrogen) atoms. The smallest absolute Gasteiger partial charge is 0.0524 e. The van der Waals surface area contributed by atoms with Crippen molar-refractivity contribution in [2.75, 3.05) is 13.6 Å². The summed E-state index contributed by atoms with van der Waals surface area (Å²) in [6, 6.07) is 0. The van der Waals surface area contributed by atoms with Crippen molar-refractivity contribution in [2.45, 2.75) is 33.6 Å². The summed E-state index contributed by atoms with van der Waals surface area (Å²) < 4.78 is 0. The molecule has 0 aliphatic carbocycles. The first-order chi connectivity index (χ1) is 6.26. The molecule has 0 radical (unpaired) electrons. The van der Waals surface area contributed by atoms with E-state index >= 15 is 0 Å². The van der Waals surface area contributed by atoms with Gasteiger partial charge in [-0.25, -0.2) is 0 Å². The Morgan fingerprint density at radius 1 is 1.31 bits per heavy atom. The molecule has 0 heterocycles. The van der Waals surface area contributed by atoms with Crippen LogP contribution in [0.1, 0.15) is 33.6 Å². The van der Waals surface area contributed by atoms with Crippen LogP contribution in [0.15, 0.2) is 23.5 Å². The number of likely N-dealkylation sites (N-methyl/N-ethyl adjacent to an activating group) is 1. The van der Waals surface area contributed by atoms with Gasteiger partial charge in [0.25, 0.3) is 0 Å². The highest BCUT2D eigenvalue weighted by molar-refractivity contribution is 5.21. The Balaban J connectivity index is 4.21. The summed E-state index contributed by atoms with van der Waals surface area (Å²) in [6.07, 6.45) is 6.51. The van der Waals surface area contributed by atoms with Gasteiger partial charge >= 0.3 is 0 Å². The van der Waals surface area contributed by atoms with E-state index in [4.69, 9.17) is 0 Å². The zero-order valence-corrected chi connectivity index (χ0v) is 9.28. The lowest BCUT2D eigenvalue weighted by Crippen LogP contribution is -2.18. The lowest BCUT2D eigenvalue weighted by Gasteiger charge is -2.09. The molecule has 2 N–H and O–H groups in total. The van der Waals surface area contributed by atoms with Crippen molar-refractivity contribution in [2.24, 2.45) is 0 Å². The van der Waals surface area contributed by atoms with E-state index in [1.54, 1.807) is 0 Å². The molecule has 2 heteroatoms. The van der Waals surface area contributed by atoms with E-state index in [0.717, 1.165) is 19.4 Å². The fourth-order valence-corrected chi connectivity index (χ4v) is 1.04. The maximum atomic E-state index is 3.36. The molecule has 0 rings (SSSR count). The molecule has 0 aromatic rings. The van der Waals surface area contributed by atoms with Gasteiger partial charge in [0.2, 0.25) is 0 Å². The fourth-order valence-electron chi connectivity index (χ4n) is 1.04. The number of allylic oxidation sites excluding steroid dienone is 3. The molecule has 0 bridgehead atoms. The molecule has 0 saturated carbocycles. The average molecular weight is 182 g/mol. The van der Waals surface area contributed by atoms with Gasteiger partial charge in [0.1, 0.15) is 0 Å². The third-order valence-electron chi connectivity index (χ3n) is 1.83. The van der Waals surface area contributed by atoms with Gasteiger partial charge in [-0.3, -0.25) is 0 Å². The Bertz CT molecular complexity index is 181. The molecule has 0 fully saturated rings. The van der Waals surface area contributed by atoms with Crippen LogP contribution in [0.4, 0.5) is 0 Å². The van der Waals surface area contributed by atoms with Gasteiger partial charge in [-0.05, 0) is 25.8 Å². The van der Waals surface area contributed by atoms with Crippen LogP contribution in [0, 0.1) is 0 Å². The summed E-state index contributed by atoms with van der Waals surface area (Å²) in [6.45, 7) is 7.44. The Hall–Kier alpha value is -0.920. The van der Waals surface area contributed by atoms with Crippen LogP contribution in [-0.2, 0) is 0 Å². The largest absolute Gasteiger partial charge is 0.387 e. The van der Waals surface area contributed by atoms with Crippen molar-refractivity contribution in [3.8, 4) is 0 Å². The molecule has 0 atom stereocenters. The fraction of sp³-hybridized carbons (Fsp3) is 0.636. The summed E-state index contributed by atoms with van der Waals surface area (Å²) in [7, 11) is 1.95. The molecule has 0 amide bonds. The van der Waals surface area contributed by atoms with Gasteiger partial charge in [-0.2, -0.15) is 0 Å². The summed E-state index contributed by atoms with van der Waals surface area (Å²) in [5.41, 5.74) is 2.39. The van der Waals surface area contributed by atoms with Crippen LogP contribution in [0.5, 0.6) is 0 Å². The predicted octanol–water partition coefficient (Wildman–Crippen LogP) is 2.40. The van der Waals surface area contributed by atoms with E-state index in [1.165, 1.54) is 11.4 Å². The quantitative estimate of drug-likeness (QED) is 0.616. The number of hydrogen-bond acceptors (Lipinski definition) is 2. The molecule has 0 aliphatic heterocycles. The van der Waals surface area contributed by atoms with Crippen LogP contribution in [-0.4, -0.2) is 13.6 Å². The van der Waals surface area contributed by atoms with Crippen molar-refractivity contribution < 1.29 is 0 Å². The zero-order valence-electron chi connectivity index (χ0n) is 9.28. The molecule has 0 saturated heterocycles. The Labute approximate surface area is 82.1 Å². The summed E-state index contributed by atoms with van der Waals surface area (Å²) >= 11 is 0. The second-order valence-corrected chi connectivity index (χ2v) is 3.03. The SMILES string of the molecule is CC/C=C\C(NC)=C(/C)NCCC. The molecule has 0 unspecified atom stereocenters. The monoisotopic (exact) mass is 182 g/mol. The van der Waals surface area contributed by atoms with Crippen LogP contribution in [0.2, 0.25) is 0 Å². The van der Waals surface area contributed by atoms with Crippen LogP contribution >= 0.6 is 0 Å². The normalized spacial score (nSPS) is 12.9. The van der Waals surface area contributed by atoms with Gasteiger partial charge in [0, 0.05) is 19.3 Å². The number of hydrogen-bond donors (Lipinski definition) is 2. The highest BCUT2D eigenvalue weighted by Crippen LogP contribution is 1.99. The van der Waals surface area contributed by atoms with E-state index in [0.29, 0.717) is 0 Å². The van der Waals surface area contributed by atoms with E-state index in [1.807, 2.05) is 7.05 Å². The van der Waals surface area contributed by atoms with Crippen molar-refractivity contribution in [3.05, 3.63) is 23.5 Å². The van der Waals surface area contributed by atoms with Gasteiger partial charge < -0.3 is 10.6 Å². The standard InChI is InChI=1S/C11H22N2/c1-5-7-8-11(12-4)10(3)13-9-6-2/h7-8,12-13H,5-6,9H2,1-4H3/b8-7-,11-10-. The van der Waals surface area contributed by atoms with Gasteiger partial charge in [0.15, 0.2) is 0 Å². The lowest BCUT2D eigenvalue weighted by molar-refractivity contribution is 0.752. The van der Waals surface area contributed by atoms with Crippen LogP contribution < -0.4 is 10.6 Å². The highest BCUT2D eigenvalue weighted by Gasteiger charge is 1.94. The maximum Gasteiger partial charge on any atom is 0.0524 e. The first-order valence-corrected chi connectivity index (χ1v) is 5.05. The van der Waals surface area contributed by atoms with E-state index in [2.05, 4.69) is 43.6 Å². The molecular formula is C11H22N2. The minimum absolute atomic E-state index is 1.04. The number of rotatable bonds is 6. The second-order valence-electron chi connectivity index (χ2n) is 3.03. The van der Waals surface area contributed by atoms with Crippen molar-refractivity contribution >= 4 is 0 Å². The Morgan fingerprint density at radius 3 is 2.46 bits per heavy atom. The van der Waals surface area contributed by atoms with Crippen LogP contribution in [0.3, 0.4) is 0 Å². The van der Waals surface area contributed by atoms with Gasteiger partial charge in [-0.15, -0.1) is 0 Å². The molecule has 0 aromatic heterocycles. The van der Waals surface area contributed by atoms with E-state index < -0.39 is 0 Å². The van der Waals surface area contributed by atoms with E-state index in [-0.39, 0.29) is 0 Å². The third-order valence-corrected chi connectivity index (χ3v) is 1.83. The Kier molecular flexibility index (Phi) is 7.17. The van der Waals surface area contributed by atoms with Crippen molar-refractivity contribution in [1.82, 2.24) is 10.6 Å². The second kappa shape index (κ2) is 7.71. The molecular weight excluding hydrogens is 160 g/mol. The van der Waals surface area contributed by atoms with Crippen molar-refractivity contribution in [1.29, 1.82) is 0 Å². The van der Waals surface area contributed by atoms with Crippen molar-refractivity contribution in [3.63, 3.8) is 0 Å². The summed E-state index contributed by atoms with van der Waals surface area (Å²) in [4.78, 5) is 0. The highest BCUT2D eigenvalue weighted by atomic mass is 14.9. The Morgan fingerprint density at radius 2 is 2.00 bits per heavy atom. The first-order valence-electron chi connectivity index (χ1n) is 5.05. The molecule has 0 aliphatic rings. The molecule has 2 nitrogen and oxygen atoms in total. The predicted molar refractivity (Wildman–Crippen MR) is 59.5 cm³/mol. The minimum atomic E-state index is 1.04. The molecule has 76 valence electrons. The third kappa shape index (κ3) is 5.34. The topological polar surface area (TPSA) is 24.1 Å².